The van der Waals surface area contributed by atoms with Gasteiger partial charge in [-0.25, -0.2) is 4.79 Å². The lowest BCUT2D eigenvalue weighted by Crippen LogP contribution is -2.53. The highest BCUT2D eigenvalue weighted by atomic mass is 16.2. The number of nitrogens with one attached hydrogen (secondary N) is 2. The molecule has 0 atom stereocenters. The van der Waals surface area contributed by atoms with Crippen LogP contribution in [-0.2, 0) is 4.79 Å². The van der Waals surface area contributed by atoms with Gasteiger partial charge in [-0.05, 0) is 17.5 Å². The van der Waals surface area contributed by atoms with Crippen molar-refractivity contribution in [2.45, 2.75) is 20.8 Å². The first-order valence-corrected chi connectivity index (χ1v) is 8.43. The smallest absolute Gasteiger partial charge is 0.317 e. The Hall–Kier alpha value is -2.08. The van der Waals surface area contributed by atoms with Crippen LogP contribution in [0.4, 0.5) is 10.5 Å². The number of hydrogen-bond acceptors (Lipinski definition) is 3. The summed E-state index contributed by atoms with van der Waals surface area (Å²) >= 11 is 0. The molecule has 1 aliphatic heterocycles. The average molecular weight is 332 g/mol. The third-order valence-corrected chi connectivity index (χ3v) is 3.85. The van der Waals surface area contributed by atoms with Gasteiger partial charge in [0.1, 0.15) is 0 Å². The lowest BCUT2D eigenvalue weighted by molar-refractivity contribution is -0.117. The van der Waals surface area contributed by atoms with Gasteiger partial charge < -0.3 is 15.5 Å². The maximum atomic E-state index is 12.1. The molecule has 0 saturated carbocycles. The normalized spacial score (nSPS) is 15.9. The quantitative estimate of drug-likeness (QED) is 0.886. The number of carbonyl (C=O) groups excluding carboxylic acids is 2. The fraction of sp³-hybridized carbons (Fsp3) is 0.556. The van der Waals surface area contributed by atoms with Crippen LogP contribution in [0.25, 0.3) is 0 Å². The summed E-state index contributed by atoms with van der Waals surface area (Å²) in [6.07, 6.45) is 0. The van der Waals surface area contributed by atoms with E-state index in [9.17, 15) is 9.59 Å². The van der Waals surface area contributed by atoms with Crippen molar-refractivity contribution in [2.75, 3.05) is 44.6 Å². The zero-order valence-corrected chi connectivity index (χ0v) is 14.8. The molecule has 1 fully saturated rings. The van der Waals surface area contributed by atoms with Gasteiger partial charge in [0, 0.05) is 38.4 Å². The van der Waals surface area contributed by atoms with Crippen molar-refractivity contribution in [3.8, 4) is 0 Å². The first kappa shape index (κ1) is 18.3. The molecule has 1 heterocycles. The first-order valence-electron chi connectivity index (χ1n) is 8.43. The summed E-state index contributed by atoms with van der Waals surface area (Å²) in [5.41, 5.74) is 0.884. The number of piperazine rings is 1. The van der Waals surface area contributed by atoms with Gasteiger partial charge in [-0.15, -0.1) is 0 Å². The summed E-state index contributed by atoms with van der Waals surface area (Å²) in [6.45, 7) is 10.0. The van der Waals surface area contributed by atoms with E-state index in [1.165, 1.54) is 0 Å². The van der Waals surface area contributed by atoms with E-state index in [0.29, 0.717) is 39.3 Å². The van der Waals surface area contributed by atoms with Gasteiger partial charge in [0.2, 0.25) is 5.91 Å². The monoisotopic (exact) mass is 332 g/mol. The molecule has 1 aromatic rings. The zero-order chi connectivity index (χ0) is 17.6. The van der Waals surface area contributed by atoms with Gasteiger partial charge in [-0.2, -0.15) is 0 Å². The van der Waals surface area contributed by atoms with Crippen molar-refractivity contribution in [3.63, 3.8) is 0 Å². The summed E-state index contributed by atoms with van der Waals surface area (Å²) in [7, 11) is 0. The summed E-state index contributed by atoms with van der Waals surface area (Å²) in [6, 6.07) is 9.43. The Labute approximate surface area is 144 Å². The number of benzene rings is 1. The molecular formula is C18H28N4O2. The third-order valence-electron chi connectivity index (χ3n) is 3.85. The number of carbonyl (C=O) groups is 2. The Morgan fingerprint density at radius 3 is 2.25 bits per heavy atom. The largest absolute Gasteiger partial charge is 0.337 e. The molecule has 1 saturated heterocycles. The molecular weight excluding hydrogens is 304 g/mol. The van der Waals surface area contributed by atoms with E-state index in [4.69, 9.17) is 0 Å². The highest BCUT2D eigenvalue weighted by Gasteiger charge is 2.23. The topological polar surface area (TPSA) is 64.7 Å². The Balaban J connectivity index is 1.70. The van der Waals surface area contributed by atoms with Crippen LogP contribution in [-0.4, -0.2) is 61.0 Å². The molecule has 0 aliphatic carbocycles. The summed E-state index contributed by atoms with van der Waals surface area (Å²) in [5, 5.41) is 5.86. The van der Waals surface area contributed by atoms with Crippen LogP contribution in [0, 0.1) is 5.41 Å². The van der Waals surface area contributed by atoms with Crippen LogP contribution in [0.5, 0.6) is 0 Å². The fourth-order valence-corrected chi connectivity index (χ4v) is 2.49. The van der Waals surface area contributed by atoms with E-state index in [0.717, 1.165) is 5.69 Å². The molecule has 0 spiro atoms. The molecule has 0 bridgehead atoms. The number of anilines is 1. The summed E-state index contributed by atoms with van der Waals surface area (Å²) < 4.78 is 0. The van der Waals surface area contributed by atoms with E-state index in [1.54, 1.807) is 0 Å². The van der Waals surface area contributed by atoms with Gasteiger partial charge in [-0.3, -0.25) is 9.69 Å². The molecule has 2 N–H and O–H groups in total. The number of nitrogens with zero attached hydrogens (tertiary/aromatic N) is 2. The molecule has 3 amide bonds. The number of para-hydroxylation sites is 1. The van der Waals surface area contributed by atoms with Gasteiger partial charge in [0.05, 0.1) is 6.54 Å². The molecule has 2 rings (SSSR count). The van der Waals surface area contributed by atoms with Crippen LogP contribution in [0.1, 0.15) is 20.8 Å². The van der Waals surface area contributed by atoms with Gasteiger partial charge in [0.25, 0.3) is 0 Å². The number of urea groups is 1. The standard InChI is InChI=1S/C18H28N4O2/c1-18(2,3)14-19-17(24)22-11-9-21(10-12-22)13-16(23)20-15-7-5-4-6-8-15/h4-8H,9-14H2,1-3H3,(H,19,24)(H,20,23). The molecule has 6 heteroatoms. The van der Waals surface area contributed by atoms with Gasteiger partial charge in [-0.1, -0.05) is 39.0 Å². The average Bonchev–Trinajstić information content (AvgIpc) is 2.53. The van der Waals surface area contributed by atoms with E-state index >= 15 is 0 Å². The maximum Gasteiger partial charge on any atom is 0.317 e. The van der Waals surface area contributed by atoms with Crippen molar-refractivity contribution in [3.05, 3.63) is 30.3 Å². The summed E-state index contributed by atoms with van der Waals surface area (Å²) in [5.74, 6) is -0.0214. The summed E-state index contributed by atoms with van der Waals surface area (Å²) in [4.78, 5) is 28.1. The maximum absolute atomic E-state index is 12.1. The van der Waals surface area contributed by atoms with Crippen LogP contribution >= 0.6 is 0 Å². The van der Waals surface area contributed by atoms with E-state index in [2.05, 4.69) is 36.3 Å². The minimum atomic E-state index is -0.0214. The predicted octanol–water partition coefficient (Wildman–Crippen LogP) is 2.00. The second-order valence-corrected chi connectivity index (χ2v) is 7.40. The van der Waals surface area contributed by atoms with E-state index < -0.39 is 0 Å². The lowest BCUT2D eigenvalue weighted by atomic mass is 9.97. The molecule has 0 aromatic heterocycles. The number of hydrogen-bond donors (Lipinski definition) is 2. The lowest BCUT2D eigenvalue weighted by Gasteiger charge is -2.34. The number of amides is 3. The van der Waals surface area contributed by atoms with Gasteiger partial charge in [0.15, 0.2) is 0 Å². The first-order chi connectivity index (χ1) is 11.3. The highest BCUT2D eigenvalue weighted by Crippen LogP contribution is 2.11. The van der Waals surface area contributed by atoms with Crippen LogP contribution < -0.4 is 10.6 Å². The SMILES string of the molecule is CC(C)(C)CNC(=O)N1CCN(CC(=O)Nc2ccccc2)CC1. The van der Waals surface area contributed by atoms with Crippen LogP contribution in [0.3, 0.4) is 0 Å². The van der Waals surface area contributed by atoms with Gasteiger partial charge >= 0.3 is 6.03 Å². The minimum absolute atomic E-state index is 0.0155. The highest BCUT2D eigenvalue weighted by molar-refractivity contribution is 5.92. The van der Waals surface area contributed by atoms with Crippen LogP contribution in [0.15, 0.2) is 30.3 Å². The third kappa shape index (κ3) is 6.20. The molecule has 24 heavy (non-hydrogen) atoms. The molecule has 1 aliphatic rings. The predicted molar refractivity (Wildman–Crippen MR) is 95.9 cm³/mol. The minimum Gasteiger partial charge on any atom is -0.337 e. The van der Waals surface area contributed by atoms with E-state index in [-0.39, 0.29) is 17.4 Å². The van der Waals surface area contributed by atoms with Crippen molar-refractivity contribution < 1.29 is 9.59 Å². The van der Waals surface area contributed by atoms with Crippen LogP contribution in [0.2, 0.25) is 0 Å². The Morgan fingerprint density at radius 1 is 1.04 bits per heavy atom. The van der Waals surface area contributed by atoms with Crippen molar-refractivity contribution >= 4 is 17.6 Å². The number of rotatable bonds is 4. The molecule has 0 radical (unpaired) electrons. The fourth-order valence-electron chi connectivity index (χ4n) is 2.49. The van der Waals surface area contributed by atoms with Crippen molar-refractivity contribution in [1.82, 2.24) is 15.1 Å². The molecule has 0 unspecified atom stereocenters. The van der Waals surface area contributed by atoms with Crippen molar-refractivity contribution in [1.29, 1.82) is 0 Å². The molecule has 132 valence electrons. The Kier molecular flexibility index (Phi) is 6.20. The second kappa shape index (κ2) is 8.15. The zero-order valence-electron chi connectivity index (χ0n) is 14.8. The Bertz CT molecular complexity index is 546. The molecule has 1 aromatic carbocycles. The second-order valence-electron chi connectivity index (χ2n) is 7.40. The molecule has 6 nitrogen and oxygen atoms in total. The van der Waals surface area contributed by atoms with E-state index in [1.807, 2.05) is 35.2 Å². The van der Waals surface area contributed by atoms with Crippen molar-refractivity contribution in [2.24, 2.45) is 5.41 Å². The Morgan fingerprint density at radius 2 is 1.67 bits per heavy atom.